The molecule has 0 aromatic rings. The van der Waals surface area contributed by atoms with E-state index in [4.69, 9.17) is 9.47 Å². The first-order valence-corrected chi connectivity index (χ1v) is 25.0. The molecule has 1 rings (SSSR count). The zero-order chi connectivity index (χ0) is 45.5. The Hall–Kier alpha value is -1.93. The molecule has 1 fully saturated rings. The van der Waals surface area contributed by atoms with Gasteiger partial charge in [-0.3, -0.25) is 4.79 Å². The van der Waals surface area contributed by atoms with Gasteiger partial charge in [0.15, 0.2) is 6.29 Å². The highest BCUT2D eigenvalue weighted by Gasteiger charge is 2.44. The predicted octanol–water partition coefficient (Wildman–Crippen LogP) is 8.95. The Balaban J connectivity index is 2.46. The van der Waals surface area contributed by atoms with Crippen LogP contribution in [0.2, 0.25) is 0 Å². The van der Waals surface area contributed by atoms with E-state index in [0.29, 0.717) is 19.3 Å². The third-order valence-electron chi connectivity index (χ3n) is 11.8. The number of allylic oxidation sites excluding steroid dienone is 8. The number of nitrogens with one attached hydrogen (secondary N) is 1. The maximum absolute atomic E-state index is 13.1. The number of ether oxygens (including phenoxy) is 2. The summed E-state index contributed by atoms with van der Waals surface area (Å²) < 4.78 is 11.1. The molecule has 1 amide bonds. The Labute approximate surface area is 377 Å². The molecule has 1 aliphatic rings. The topological polar surface area (TPSA) is 189 Å². The SMILES string of the molecule is CCCCCC/C=C/CC/C=C/CC/C=C/CCCC(O)C(O)C(COC1OC(CO)C(O)C(O)C1O)NC(=O)C(O)CCCCCCCC/C=C\CCCCCCCCCC. The summed E-state index contributed by atoms with van der Waals surface area (Å²) in [5.74, 6) is -0.719. The van der Waals surface area contributed by atoms with Gasteiger partial charge in [0.25, 0.3) is 0 Å². The third kappa shape index (κ3) is 29.5. The molecule has 1 saturated heterocycles. The number of aliphatic hydroxyl groups is 7. The normalized spacial score (nSPS) is 21.7. The second-order valence-corrected chi connectivity index (χ2v) is 17.5. The zero-order valence-electron chi connectivity index (χ0n) is 39.1. The van der Waals surface area contributed by atoms with Crippen LogP contribution in [0.15, 0.2) is 48.6 Å². The lowest BCUT2D eigenvalue weighted by Crippen LogP contribution is -2.60. The lowest BCUT2D eigenvalue weighted by atomic mass is 9.98. The Morgan fingerprint density at radius 3 is 1.45 bits per heavy atom. The zero-order valence-corrected chi connectivity index (χ0v) is 39.1. The van der Waals surface area contributed by atoms with Crippen molar-refractivity contribution in [1.82, 2.24) is 5.32 Å². The molecule has 11 heteroatoms. The van der Waals surface area contributed by atoms with E-state index in [9.17, 15) is 40.5 Å². The van der Waals surface area contributed by atoms with Crippen LogP contribution in [0.4, 0.5) is 0 Å². The van der Waals surface area contributed by atoms with E-state index in [-0.39, 0.29) is 12.8 Å². The summed E-state index contributed by atoms with van der Waals surface area (Å²) >= 11 is 0. The summed E-state index contributed by atoms with van der Waals surface area (Å²) in [6.45, 7) is 3.40. The first-order valence-electron chi connectivity index (χ1n) is 25.0. The number of hydrogen-bond donors (Lipinski definition) is 8. The molecule has 0 aromatic carbocycles. The fourth-order valence-corrected chi connectivity index (χ4v) is 7.64. The van der Waals surface area contributed by atoms with Gasteiger partial charge < -0.3 is 50.5 Å². The van der Waals surface area contributed by atoms with Gasteiger partial charge in [-0.2, -0.15) is 0 Å². The molecule has 0 spiro atoms. The lowest BCUT2D eigenvalue weighted by molar-refractivity contribution is -0.303. The number of carbonyl (C=O) groups excluding carboxylic acids is 1. The van der Waals surface area contributed by atoms with Gasteiger partial charge in [0.2, 0.25) is 5.91 Å². The van der Waals surface area contributed by atoms with Gasteiger partial charge in [-0.1, -0.05) is 159 Å². The first kappa shape index (κ1) is 58.1. The molecular weight excluding hydrogens is 787 g/mol. The molecule has 0 saturated carbocycles. The standard InChI is InChI=1S/C51H93NO10/c1-3-5-7-9-11-13-15-17-19-21-23-25-27-29-31-33-35-37-39-44(55)50(60)52-42(41-61-51-49(59)48(58)47(57)45(40-53)62-51)46(56)43(54)38-36-34-32-30-28-26-24-22-20-18-16-14-12-10-8-6-4-2/h14,16,21-24,30,32,42-49,51,53-59H,3-13,15,17-20,25-29,31,33-41H2,1-2H3,(H,52,60)/b16-14+,23-21-,24-22+,32-30+. The molecule has 11 nitrogen and oxygen atoms in total. The van der Waals surface area contributed by atoms with Crippen molar-refractivity contribution in [2.45, 2.75) is 255 Å². The van der Waals surface area contributed by atoms with Crippen LogP contribution in [-0.2, 0) is 14.3 Å². The number of hydrogen-bond acceptors (Lipinski definition) is 10. The highest BCUT2D eigenvalue weighted by Crippen LogP contribution is 2.23. The number of rotatable bonds is 41. The first-order chi connectivity index (χ1) is 30.2. The monoisotopic (exact) mass is 880 g/mol. The highest BCUT2D eigenvalue weighted by atomic mass is 16.7. The largest absolute Gasteiger partial charge is 0.394 e. The van der Waals surface area contributed by atoms with Crippen molar-refractivity contribution in [2.24, 2.45) is 0 Å². The Morgan fingerprint density at radius 2 is 0.968 bits per heavy atom. The van der Waals surface area contributed by atoms with E-state index < -0.39 is 74.2 Å². The maximum atomic E-state index is 13.1. The number of amides is 1. The van der Waals surface area contributed by atoms with Crippen LogP contribution in [0.3, 0.4) is 0 Å². The maximum Gasteiger partial charge on any atom is 0.249 e. The van der Waals surface area contributed by atoms with Gasteiger partial charge in [-0.25, -0.2) is 0 Å². The third-order valence-corrected chi connectivity index (χ3v) is 11.8. The second kappa shape index (κ2) is 40.6. The molecule has 9 atom stereocenters. The minimum absolute atomic E-state index is 0.238. The van der Waals surface area contributed by atoms with E-state index in [1.807, 2.05) is 0 Å². The van der Waals surface area contributed by atoms with Crippen molar-refractivity contribution in [3.8, 4) is 0 Å². The van der Waals surface area contributed by atoms with E-state index in [1.54, 1.807) is 0 Å². The summed E-state index contributed by atoms with van der Waals surface area (Å²) in [5, 5.41) is 75.8. The van der Waals surface area contributed by atoms with Crippen molar-refractivity contribution in [3.05, 3.63) is 48.6 Å². The van der Waals surface area contributed by atoms with Gasteiger partial charge in [-0.05, 0) is 89.9 Å². The number of carbonyl (C=O) groups is 1. The average molecular weight is 880 g/mol. The van der Waals surface area contributed by atoms with Crippen LogP contribution in [0, 0.1) is 0 Å². The molecule has 0 aromatic heterocycles. The number of unbranched alkanes of at least 4 members (excludes halogenated alkanes) is 21. The summed E-state index contributed by atoms with van der Waals surface area (Å²) in [6, 6.07) is -1.20. The van der Waals surface area contributed by atoms with Crippen LogP contribution in [0.5, 0.6) is 0 Å². The molecule has 0 bridgehead atoms. The summed E-state index contributed by atoms with van der Waals surface area (Å²) in [4.78, 5) is 13.1. The fraction of sp³-hybridized carbons (Fsp3) is 0.824. The van der Waals surface area contributed by atoms with Crippen molar-refractivity contribution in [2.75, 3.05) is 13.2 Å². The lowest BCUT2D eigenvalue weighted by Gasteiger charge is -2.40. The van der Waals surface area contributed by atoms with Crippen LogP contribution in [-0.4, -0.2) is 110 Å². The quantitative estimate of drug-likeness (QED) is 0.0218. The number of aliphatic hydroxyl groups excluding tert-OH is 7. The van der Waals surface area contributed by atoms with Crippen molar-refractivity contribution in [3.63, 3.8) is 0 Å². The average Bonchev–Trinajstić information content (AvgIpc) is 3.27. The molecule has 9 unspecified atom stereocenters. The van der Waals surface area contributed by atoms with E-state index in [0.717, 1.165) is 64.2 Å². The van der Waals surface area contributed by atoms with Crippen molar-refractivity contribution in [1.29, 1.82) is 0 Å². The van der Waals surface area contributed by atoms with Crippen LogP contribution in [0.25, 0.3) is 0 Å². The minimum Gasteiger partial charge on any atom is -0.394 e. The smallest absolute Gasteiger partial charge is 0.249 e. The summed E-state index contributed by atoms with van der Waals surface area (Å²) in [7, 11) is 0. The minimum atomic E-state index is -1.67. The predicted molar refractivity (Wildman–Crippen MR) is 251 cm³/mol. The molecule has 62 heavy (non-hydrogen) atoms. The van der Waals surface area contributed by atoms with Gasteiger partial charge in [0, 0.05) is 0 Å². The summed E-state index contributed by atoms with van der Waals surface area (Å²) in [6.07, 6.45) is 37.2. The highest BCUT2D eigenvalue weighted by molar-refractivity contribution is 5.80. The second-order valence-electron chi connectivity index (χ2n) is 17.5. The Bertz CT molecular complexity index is 1150. The molecule has 0 aliphatic carbocycles. The van der Waals surface area contributed by atoms with Crippen LogP contribution >= 0.6 is 0 Å². The van der Waals surface area contributed by atoms with E-state index in [1.165, 1.54) is 89.9 Å². The van der Waals surface area contributed by atoms with E-state index >= 15 is 0 Å². The van der Waals surface area contributed by atoms with Crippen molar-refractivity contribution >= 4 is 5.91 Å². The fourth-order valence-electron chi connectivity index (χ4n) is 7.64. The van der Waals surface area contributed by atoms with Crippen molar-refractivity contribution < 1.29 is 50.0 Å². The van der Waals surface area contributed by atoms with Gasteiger partial charge in [0.05, 0.1) is 25.4 Å². The van der Waals surface area contributed by atoms with Gasteiger partial charge >= 0.3 is 0 Å². The van der Waals surface area contributed by atoms with E-state index in [2.05, 4.69) is 67.8 Å². The molecule has 1 aliphatic heterocycles. The molecular formula is C51H93NO10. The van der Waals surface area contributed by atoms with Crippen LogP contribution in [0.1, 0.15) is 200 Å². The molecule has 0 radical (unpaired) electrons. The Kier molecular flexibility index (Phi) is 38.0. The molecule has 362 valence electrons. The molecule has 8 N–H and O–H groups in total. The summed E-state index contributed by atoms with van der Waals surface area (Å²) in [5.41, 5.74) is 0. The van der Waals surface area contributed by atoms with Gasteiger partial charge in [-0.15, -0.1) is 0 Å². The van der Waals surface area contributed by atoms with Crippen LogP contribution < -0.4 is 5.32 Å². The van der Waals surface area contributed by atoms with Gasteiger partial charge in [0.1, 0.15) is 36.6 Å². The Morgan fingerprint density at radius 1 is 0.548 bits per heavy atom. The molecule has 1 heterocycles.